The third kappa shape index (κ3) is 1.75. The van der Waals surface area contributed by atoms with E-state index in [0.717, 1.165) is 35.7 Å². The Balaban J connectivity index is 1.83. The van der Waals surface area contributed by atoms with Crippen molar-refractivity contribution < 1.29 is 4.79 Å². The predicted octanol–water partition coefficient (Wildman–Crippen LogP) is 1.90. The first kappa shape index (κ1) is 10.8. The summed E-state index contributed by atoms with van der Waals surface area (Å²) in [6.07, 6.45) is 3.89. The molecule has 1 amide bonds. The molecular weight excluding hydrogens is 212 g/mol. The first-order valence-corrected chi connectivity index (χ1v) is 6.39. The van der Waals surface area contributed by atoms with Crippen molar-refractivity contribution >= 4 is 5.91 Å². The minimum atomic E-state index is 0.188. The summed E-state index contributed by atoms with van der Waals surface area (Å²) in [7, 11) is 0. The van der Waals surface area contributed by atoms with Gasteiger partial charge in [-0.2, -0.15) is 0 Å². The lowest BCUT2D eigenvalue weighted by Gasteiger charge is -2.29. The molecule has 1 aliphatic heterocycles. The quantitative estimate of drug-likeness (QED) is 0.862. The molecule has 1 aromatic carbocycles. The molecule has 0 radical (unpaired) electrons. The van der Waals surface area contributed by atoms with Crippen molar-refractivity contribution in [2.45, 2.75) is 32.4 Å². The van der Waals surface area contributed by atoms with Crippen LogP contribution in [0, 0.1) is 5.92 Å². The van der Waals surface area contributed by atoms with Gasteiger partial charge in [0, 0.05) is 25.2 Å². The highest BCUT2D eigenvalue weighted by atomic mass is 16.2. The van der Waals surface area contributed by atoms with Crippen molar-refractivity contribution in [3.8, 4) is 0 Å². The molecule has 1 saturated carbocycles. The summed E-state index contributed by atoms with van der Waals surface area (Å²) in [5.74, 6) is 0.919. The lowest BCUT2D eigenvalue weighted by Crippen LogP contribution is -2.33. The maximum atomic E-state index is 12.3. The molecule has 90 valence electrons. The Morgan fingerprint density at radius 3 is 2.82 bits per heavy atom. The molecule has 3 rings (SSSR count). The SMILES string of the molecule is NCc1cccc2c1C(=O)N(CC1CCC1)C2. The second kappa shape index (κ2) is 4.15. The maximum Gasteiger partial charge on any atom is 0.254 e. The van der Waals surface area contributed by atoms with Crippen molar-refractivity contribution in [1.82, 2.24) is 4.90 Å². The maximum absolute atomic E-state index is 12.3. The van der Waals surface area contributed by atoms with Crippen LogP contribution in [-0.2, 0) is 13.1 Å². The summed E-state index contributed by atoms with van der Waals surface area (Å²) in [6.45, 7) is 2.15. The number of rotatable bonds is 3. The molecule has 0 atom stereocenters. The van der Waals surface area contributed by atoms with E-state index >= 15 is 0 Å². The molecular formula is C14H18N2O. The van der Waals surface area contributed by atoms with Gasteiger partial charge < -0.3 is 10.6 Å². The molecule has 0 spiro atoms. The van der Waals surface area contributed by atoms with Crippen molar-refractivity contribution in [3.05, 3.63) is 34.9 Å². The zero-order valence-corrected chi connectivity index (χ0v) is 9.98. The van der Waals surface area contributed by atoms with E-state index in [4.69, 9.17) is 5.73 Å². The molecule has 17 heavy (non-hydrogen) atoms. The van der Waals surface area contributed by atoms with Crippen molar-refractivity contribution in [3.63, 3.8) is 0 Å². The highest BCUT2D eigenvalue weighted by Crippen LogP contribution is 2.31. The van der Waals surface area contributed by atoms with Crippen LogP contribution in [0.25, 0.3) is 0 Å². The summed E-state index contributed by atoms with van der Waals surface area (Å²) >= 11 is 0. The van der Waals surface area contributed by atoms with E-state index < -0.39 is 0 Å². The van der Waals surface area contributed by atoms with Gasteiger partial charge in [0.1, 0.15) is 0 Å². The third-order valence-corrected chi connectivity index (χ3v) is 4.02. The standard InChI is InChI=1S/C14H18N2O/c15-7-11-5-2-6-12-9-16(14(17)13(11)12)8-10-3-1-4-10/h2,5-6,10H,1,3-4,7-9,15H2. The van der Waals surface area contributed by atoms with Crippen LogP contribution in [0.15, 0.2) is 18.2 Å². The lowest BCUT2D eigenvalue weighted by molar-refractivity contribution is 0.0719. The number of amides is 1. The smallest absolute Gasteiger partial charge is 0.254 e. The Bertz CT molecular complexity index is 452. The van der Waals surface area contributed by atoms with E-state index in [1.54, 1.807) is 0 Å². The van der Waals surface area contributed by atoms with E-state index in [-0.39, 0.29) is 5.91 Å². The first-order chi connectivity index (χ1) is 8.29. The lowest BCUT2D eigenvalue weighted by atomic mass is 9.85. The molecule has 1 aromatic rings. The van der Waals surface area contributed by atoms with E-state index in [9.17, 15) is 4.79 Å². The van der Waals surface area contributed by atoms with Crippen LogP contribution in [0.3, 0.4) is 0 Å². The van der Waals surface area contributed by atoms with Crippen LogP contribution >= 0.6 is 0 Å². The van der Waals surface area contributed by atoms with Crippen LogP contribution < -0.4 is 5.73 Å². The van der Waals surface area contributed by atoms with Gasteiger partial charge in [0.25, 0.3) is 5.91 Å². The third-order valence-electron chi connectivity index (χ3n) is 4.02. The second-order valence-corrected chi connectivity index (χ2v) is 5.14. The number of nitrogens with zero attached hydrogens (tertiary/aromatic N) is 1. The fourth-order valence-electron chi connectivity index (χ4n) is 2.80. The normalized spacial score (nSPS) is 19.4. The molecule has 3 nitrogen and oxygen atoms in total. The first-order valence-electron chi connectivity index (χ1n) is 6.39. The van der Waals surface area contributed by atoms with Gasteiger partial charge in [0.05, 0.1) is 0 Å². The fraction of sp³-hybridized carbons (Fsp3) is 0.500. The summed E-state index contributed by atoms with van der Waals surface area (Å²) in [4.78, 5) is 14.3. The summed E-state index contributed by atoms with van der Waals surface area (Å²) in [6, 6.07) is 6.01. The van der Waals surface area contributed by atoms with E-state index in [0.29, 0.717) is 6.54 Å². The molecule has 0 aromatic heterocycles. The van der Waals surface area contributed by atoms with Crippen LogP contribution in [0.5, 0.6) is 0 Å². The molecule has 2 N–H and O–H groups in total. The Hall–Kier alpha value is -1.35. The number of fused-ring (bicyclic) bond motifs is 1. The van der Waals surface area contributed by atoms with Gasteiger partial charge in [-0.25, -0.2) is 0 Å². The highest BCUT2D eigenvalue weighted by molar-refractivity contribution is 5.99. The fourth-order valence-corrected chi connectivity index (χ4v) is 2.80. The average Bonchev–Trinajstić information content (AvgIpc) is 2.61. The van der Waals surface area contributed by atoms with E-state index in [2.05, 4.69) is 0 Å². The molecule has 2 aliphatic rings. The highest BCUT2D eigenvalue weighted by Gasteiger charge is 2.32. The topological polar surface area (TPSA) is 46.3 Å². The van der Waals surface area contributed by atoms with Gasteiger partial charge in [0.15, 0.2) is 0 Å². The molecule has 1 heterocycles. The summed E-state index contributed by atoms with van der Waals surface area (Å²) in [5, 5.41) is 0. The minimum Gasteiger partial charge on any atom is -0.334 e. The Labute approximate surface area is 102 Å². The summed E-state index contributed by atoms with van der Waals surface area (Å²) < 4.78 is 0. The number of benzene rings is 1. The zero-order valence-electron chi connectivity index (χ0n) is 9.98. The van der Waals surface area contributed by atoms with Crippen molar-refractivity contribution in [2.75, 3.05) is 6.54 Å². The van der Waals surface area contributed by atoms with E-state index in [1.165, 1.54) is 19.3 Å². The number of hydrogen-bond acceptors (Lipinski definition) is 2. The van der Waals surface area contributed by atoms with Gasteiger partial charge in [-0.1, -0.05) is 24.6 Å². The number of hydrogen-bond donors (Lipinski definition) is 1. The molecule has 3 heteroatoms. The predicted molar refractivity (Wildman–Crippen MR) is 66.4 cm³/mol. The second-order valence-electron chi connectivity index (χ2n) is 5.14. The minimum absolute atomic E-state index is 0.188. The molecule has 0 unspecified atom stereocenters. The van der Waals surface area contributed by atoms with Gasteiger partial charge >= 0.3 is 0 Å². The van der Waals surface area contributed by atoms with Crippen LogP contribution in [-0.4, -0.2) is 17.4 Å². The monoisotopic (exact) mass is 230 g/mol. The van der Waals surface area contributed by atoms with Crippen LogP contribution in [0.2, 0.25) is 0 Å². The van der Waals surface area contributed by atoms with Gasteiger partial charge in [-0.3, -0.25) is 4.79 Å². The van der Waals surface area contributed by atoms with Crippen molar-refractivity contribution in [1.29, 1.82) is 0 Å². The number of nitrogens with two attached hydrogens (primary N) is 1. The van der Waals surface area contributed by atoms with Gasteiger partial charge in [-0.15, -0.1) is 0 Å². The molecule has 1 aliphatic carbocycles. The Kier molecular flexibility index (Phi) is 2.63. The largest absolute Gasteiger partial charge is 0.334 e. The van der Waals surface area contributed by atoms with Crippen LogP contribution in [0.4, 0.5) is 0 Å². The number of carbonyl (C=O) groups is 1. The van der Waals surface area contributed by atoms with E-state index in [1.807, 2.05) is 23.1 Å². The summed E-state index contributed by atoms with van der Waals surface area (Å²) in [5.41, 5.74) is 8.71. The zero-order chi connectivity index (χ0) is 11.8. The molecule has 1 fully saturated rings. The van der Waals surface area contributed by atoms with Gasteiger partial charge in [-0.05, 0) is 29.9 Å². The van der Waals surface area contributed by atoms with Crippen molar-refractivity contribution in [2.24, 2.45) is 11.7 Å². The average molecular weight is 230 g/mol. The molecule has 0 saturated heterocycles. The Morgan fingerprint density at radius 1 is 1.35 bits per heavy atom. The number of carbonyl (C=O) groups excluding carboxylic acids is 1. The Morgan fingerprint density at radius 2 is 2.18 bits per heavy atom. The molecule has 0 bridgehead atoms. The van der Waals surface area contributed by atoms with Gasteiger partial charge in [0.2, 0.25) is 0 Å². The van der Waals surface area contributed by atoms with Crippen LogP contribution in [0.1, 0.15) is 40.7 Å².